The summed E-state index contributed by atoms with van der Waals surface area (Å²) in [5, 5.41) is 8.81. The van der Waals surface area contributed by atoms with E-state index >= 15 is 0 Å². The minimum Gasteiger partial charge on any atom is -0.404 e. The van der Waals surface area contributed by atoms with E-state index in [1.165, 1.54) is 0 Å². The van der Waals surface area contributed by atoms with Crippen LogP contribution in [-0.2, 0) is 13.2 Å². The molecule has 0 aliphatic carbocycles. The van der Waals surface area contributed by atoms with Gasteiger partial charge in [0.15, 0.2) is 5.75 Å². The van der Waals surface area contributed by atoms with Crippen molar-refractivity contribution in [3.8, 4) is 5.75 Å². The molecule has 0 atom stereocenters. The minimum atomic E-state index is -5.04. The fourth-order valence-corrected chi connectivity index (χ4v) is 1.40. The summed E-state index contributed by atoms with van der Waals surface area (Å²) in [7, 11) is 0. The Balaban J connectivity index is 3.33. The first-order valence-corrected chi connectivity index (χ1v) is 4.65. The summed E-state index contributed by atoms with van der Waals surface area (Å²) in [6, 6.07) is 0. The molecule has 3 N–H and O–H groups in total. The Kier molecular flexibility index (Phi) is 4.41. The third-order valence-corrected chi connectivity index (χ3v) is 2.07. The predicted molar refractivity (Wildman–Crippen MR) is 49.7 cm³/mol. The van der Waals surface area contributed by atoms with Crippen LogP contribution in [0.5, 0.6) is 5.75 Å². The lowest BCUT2D eigenvalue weighted by Gasteiger charge is -2.17. The number of nitrogens with zero attached hydrogens (tertiary/aromatic N) is 1. The molecule has 18 heavy (non-hydrogen) atoms. The van der Waals surface area contributed by atoms with E-state index in [0.29, 0.717) is 6.20 Å². The maximum Gasteiger partial charge on any atom is 0.573 e. The molecule has 0 unspecified atom stereocenters. The normalized spacial score (nSPS) is 12.0. The fourth-order valence-electron chi connectivity index (χ4n) is 1.40. The van der Waals surface area contributed by atoms with Crippen molar-refractivity contribution >= 4 is 0 Å². The Morgan fingerprint density at radius 1 is 1.39 bits per heavy atom. The van der Waals surface area contributed by atoms with Crippen molar-refractivity contribution in [1.29, 1.82) is 0 Å². The highest BCUT2D eigenvalue weighted by atomic mass is 19.4. The van der Waals surface area contributed by atoms with Crippen LogP contribution in [0.25, 0.3) is 0 Å². The number of hydrogen-bond acceptors (Lipinski definition) is 4. The Labute approximate surface area is 98.2 Å². The second kappa shape index (κ2) is 5.44. The van der Waals surface area contributed by atoms with Gasteiger partial charge in [0.2, 0.25) is 0 Å². The Bertz CT molecular complexity index is 422. The number of rotatable bonds is 4. The van der Waals surface area contributed by atoms with Crippen molar-refractivity contribution in [2.45, 2.75) is 25.9 Å². The molecular formula is C9H9F5N2O2. The van der Waals surface area contributed by atoms with Gasteiger partial charge in [-0.1, -0.05) is 0 Å². The molecule has 0 saturated heterocycles. The predicted octanol–water partition coefficient (Wildman–Crippen LogP) is 1.87. The molecule has 1 aromatic heterocycles. The van der Waals surface area contributed by atoms with E-state index in [0.717, 1.165) is 0 Å². The number of pyridine rings is 1. The van der Waals surface area contributed by atoms with Gasteiger partial charge in [0.1, 0.15) is 0 Å². The lowest BCUT2D eigenvalue weighted by molar-refractivity contribution is -0.275. The number of alkyl halides is 5. The minimum absolute atomic E-state index is 0.431. The Hall–Kier alpha value is -1.48. The number of halogens is 5. The van der Waals surface area contributed by atoms with Crippen molar-refractivity contribution in [2.24, 2.45) is 5.73 Å². The molecule has 9 heteroatoms. The molecule has 1 rings (SSSR count). The molecule has 1 heterocycles. The van der Waals surface area contributed by atoms with Crippen LogP contribution >= 0.6 is 0 Å². The average molecular weight is 272 g/mol. The highest BCUT2D eigenvalue weighted by Crippen LogP contribution is 2.34. The first-order chi connectivity index (χ1) is 8.30. The first kappa shape index (κ1) is 14.6. The van der Waals surface area contributed by atoms with E-state index < -0.39 is 48.5 Å². The molecule has 0 spiro atoms. The van der Waals surface area contributed by atoms with Crippen LogP contribution in [-0.4, -0.2) is 16.5 Å². The summed E-state index contributed by atoms with van der Waals surface area (Å²) in [5.41, 5.74) is 3.35. The lowest BCUT2D eigenvalue weighted by Crippen LogP contribution is -2.20. The summed E-state index contributed by atoms with van der Waals surface area (Å²) < 4.78 is 65.2. The molecule has 102 valence electrons. The van der Waals surface area contributed by atoms with E-state index in [9.17, 15) is 22.0 Å². The summed E-state index contributed by atoms with van der Waals surface area (Å²) >= 11 is 0. The fraction of sp³-hybridized carbons (Fsp3) is 0.444. The summed E-state index contributed by atoms with van der Waals surface area (Å²) in [4.78, 5) is 3.30. The summed E-state index contributed by atoms with van der Waals surface area (Å²) in [6.45, 7) is -1.43. The van der Waals surface area contributed by atoms with E-state index in [2.05, 4.69) is 9.72 Å². The second-order valence-electron chi connectivity index (χ2n) is 3.17. The van der Waals surface area contributed by atoms with Gasteiger partial charge in [-0.15, -0.1) is 13.2 Å². The number of aliphatic hydroxyl groups excluding tert-OH is 1. The monoisotopic (exact) mass is 272 g/mol. The van der Waals surface area contributed by atoms with Gasteiger partial charge < -0.3 is 15.6 Å². The molecule has 0 bridgehead atoms. The molecule has 0 saturated carbocycles. The van der Waals surface area contributed by atoms with E-state index in [1.54, 1.807) is 0 Å². The molecule has 0 aliphatic heterocycles. The summed E-state index contributed by atoms with van der Waals surface area (Å²) in [5.74, 6) is -0.891. The number of aromatic nitrogens is 1. The topological polar surface area (TPSA) is 68.4 Å². The number of aliphatic hydroxyl groups is 1. The smallest absolute Gasteiger partial charge is 0.404 e. The van der Waals surface area contributed by atoms with Crippen molar-refractivity contribution in [3.63, 3.8) is 0 Å². The quantitative estimate of drug-likeness (QED) is 0.821. The highest BCUT2D eigenvalue weighted by molar-refractivity contribution is 5.41. The molecule has 0 aliphatic rings. The van der Waals surface area contributed by atoms with E-state index in [-0.39, 0.29) is 0 Å². The van der Waals surface area contributed by atoms with Crippen LogP contribution in [0.2, 0.25) is 0 Å². The first-order valence-electron chi connectivity index (χ1n) is 4.65. The van der Waals surface area contributed by atoms with Crippen LogP contribution < -0.4 is 10.5 Å². The molecule has 0 radical (unpaired) electrons. The van der Waals surface area contributed by atoms with Gasteiger partial charge >= 0.3 is 6.36 Å². The van der Waals surface area contributed by atoms with Gasteiger partial charge in [-0.05, 0) is 0 Å². The number of nitrogens with two attached hydrogens (primary N) is 1. The average Bonchev–Trinajstić information content (AvgIpc) is 2.26. The molecule has 4 nitrogen and oxygen atoms in total. The number of ether oxygens (including phenoxy) is 1. The van der Waals surface area contributed by atoms with Gasteiger partial charge in [-0.25, -0.2) is 8.78 Å². The van der Waals surface area contributed by atoms with Gasteiger partial charge in [0.05, 0.1) is 18.5 Å². The Morgan fingerprint density at radius 2 is 2.00 bits per heavy atom. The third-order valence-electron chi connectivity index (χ3n) is 2.07. The van der Waals surface area contributed by atoms with Gasteiger partial charge in [-0.3, -0.25) is 4.98 Å². The molecule has 0 amide bonds. The molecule has 1 aromatic rings. The van der Waals surface area contributed by atoms with Gasteiger partial charge in [0.25, 0.3) is 6.43 Å². The van der Waals surface area contributed by atoms with Crippen LogP contribution in [0.3, 0.4) is 0 Å². The molecule has 0 aromatic carbocycles. The second-order valence-corrected chi connectivity index (χ2v) is 3.17. The van der Waals surface area contributed by atoms with Crippen molar-refractivity contribution in [1.82, 2.24) is 4.98 Å². The van der Waals surface area contributed by atoms with Gasteiger partial charge in [-0.2, -0.15) is 0 Å². The zero-order valence-electron chi connectivity index (χ0n) is 8.84. The van der Waals surface area contributed by atoms with Crippen LogP contribution in [0.4, 0.5) is 22.0 Å². The van der Waals surface area contributed by atoms with Crippen LogP contribution in [0.15, 0.2) is 6.20 Å². The van der Waals surface area contributed by atoms with Gasteiger partial charge in [0, 0.05) is 17.7 Å². The zero-order valence-corrected chi connectivity index (χ0v) is 8.84. The zero-order chi connectivity index (χ0) is 13.9. The molecular weight excluding hydrogens is 263 g/mol. The Morgan fingerprint density at radius 3 is 2.39 bits per heavy atom. The van der Waals surface area contributed by atoms with E-state index in [1.807, 2.05) is 0 Å². The maximum atomic E-state index is 12.7. The van der Waals surface area contributed by atoms with Crippen molar-refractivity contribution in [2.75, 3.05) is 0 Å². The third kappa shape index (κ3) is 3.26. The maximum absolute atomic E-state index is 12.7. The largest absolute Gasteiger partial charge is 0.573 e. The SMILES string of the molecule is NCc1c(OC(F)(F)F)cnc(CO)c1C(F)F. The van der Waals surface area contributed by atoms with E-state index in [4.69, 9.17) is 10.8 Å². The standard InChI is InChI=1S/C9H9F5N2O2/c10-8(11)7-4(1-15)6(18-9(12,13)14)2-16-5(7)3-17/h2,8,17H,1,3,15H2. The van der Waals surface area contributed by atoms with Crippen molar-refractivity contribution in [3.05, 3.63) is 23.0 Å². The number of hydrogen-bond donors (Lipinski definition) is 2. The summed E-state index contributed by atoms with van der Waals surface area (Å²) in [6.07, 6.45) is -7.55. The van der Waals surface area contributed by atoms with Crippen LogP contribution in [0, 0.1) is 0 Å². The van der Waals surface area contributed by atoms with Crippen LogP contribution in [0.1, 0.15) is 23.2 Å². The highest BCUT2D eigenvalue weighted by Gasteiger charge is 2.33. The molecule has 0 fully saturated rings. The van der Waals surface area contributed by atoms with Crippen molar-refractivity contribution < 1.29 is 31.8 Å². The lowest BCUT2D eigenvalue weighted by atomic mass is 10.1.